The van der Waals surface area contributed by atoms with Crippen LogP contribution in [-0.4, -0.2) is 66.4 Å². The molecule has 8 nitrogen and oxygen atoms in total. The van der Waals surface area contributed by atoms with E-state index >= 15 is 0 Å². The molecule has 1 saturated heterocycles. The van der Waals surface area contributed by atoms with Gasteiger partial charge in [0.2, 0.25) is 0 Å². The van der Waals surface area contributed by atoms with Crippen LogP contribution in [0.1, 0.15) is 27.7 Å². The van der Waals surface area contributed by atoms with Crippen molar-refractivity contribution < 1.29 is 62.0 Å². The van der Waals surface area contributed by atoms with Crippen LogP contribution in [-0.2, 0) is 51.8 Å². The maximum Gasteiger partial charge on any atom is 0.317 e. The van der Waals surface area contributed by atoms with Gasteiger partial charge in [-0.3, -0.25) is 4.79 Å². The number of amides is 1. The van der Waals surface area contributed by atoms with Gasteiger partial charge >= 0.3 is 5.97 Å². The van der Waals surface area contributed by atoms with Crippen molar-refractivity contribution in [3.63, 3.8) is 0 Å². The normalized spacial score (nSPS) is 16.9. The van der Waals surface area contributed by atoms with Gasteiger partial charge in [0.25, 0.3) is 0 Å². The molecule has 1 heterocycles. The van der Waals surface area contributed by atoms with Crippen molar-refractivity contribution in [2.24, 2.45) is 5.73 Å². The Balaban J connectivity index is -0.000000623. The van der Waals surface area contributed by atoms with E-state index in [4.69, 9.17) is 14.6 Å². The van der Waals surface area contributed by atoms with Gasteiger partial charge in [0.1, 0.15) is 12.7 Å². The van der Waals surface area contributed by atoms with Crippen LogP contribution in [0, 0.1) is 0 Å². The average Bonchev–Trinajstić information content (AvgIpc) is 2.67. The number of ether oxygens (including phenoxy) is 2. The monoisotopic (exact) mass is 460 g/mol. The zero-order valence-electron chi connectivity index (χ0n) is 16.6. The summed E-state index contributed by atoms with van der Waals surface area (Å²) in [7, 11) is 0. The minimum atomic E-state index is -0.968. The van der Waals surface area contributed by atoms with Crippen molar-refractivity contribution in [1.29, 1.82) is 0 Å². The van der Waals surface area contributed by atoms with Gasteiger partial charge in [0.05, 0.1) is 13.2 Å². The summed E-state index contributed by atoms with van der Waals surface area (Å²) in [6.45, 7) is 9.14. The van der Waals surface area contributed by atoms with Crippen molar-refractivity contribution in [3.8, 4) is 0 Å². The van der Waals surface area contributed by atoms with E-state index in [1.54, 1.807) is 24.3 Å². The maximum absolute atomic E-state index is 10.6. The summed E-state index contributed by atoms with van der Waals surface area (Å²) < 4.78 is 11.0. The van der Waals surface area contributed by atoms with Gasteiger partial charge in [0, 0.05) is 45.8 Å². The summed E-state index contributed by atoms with van der Waals surface area (Å²) in [5.74, 6) is -0.517. The van der Waals surface area contributed by atoms with Crippen LogP contribution >= 0.6 is 0 Å². The van der Waals surface area contributed by atoms with E-state index in [1.165, 1.54) is 4.90 Å². The standard InChI is InChI=1S/C14H20NO4.C2H5NO2.C2H6.Y/c1-3-5-13(17)14(6-4-2)19-10-12-9-15(11-16)7-8-18-12;3-1-2(4)5;1-2;/h3-6,12,17H,7-10H2,1-2H3;1,3H2,(H,4,5);1-2H3;/q-1;;;/b5-3-,6-4-,14-13-;;;. The molecule has 1 radical (unpaired) electrons. The van der Waals surface area contributed by atoms with Crippen molar-refractivity contribution in [2.45, 2.75) is 33.8 Å². The Kier molecular flexibility index (Phi) is 23.8. The number of aliphatic hydroxyl groups excluding tert-OH is 1. The van der Waals surface area contributed by atoms with Crippen LogP contribution < -0.4 is 5.73 Å². The number of aliphatic carboxylic acids is 1. The maximum atomic E-state index is 10.6. The van der Waals surface area contributed by atoms with Crippen molar-refractivity contribution in [2.75, 3.05) is 32.8 Å². The number of allylic oxidation sites excluding steroid dienone is 4. The predicted molar refractivity (Wildman–Crippen MR) is 100 cm³/mol. The summed E-state index contributed by atoms with van der Waals surface area (Å²) in [5, 5.41) is 17.4. The zero-order chi connectivity index (χ0) is 20.4. The summed E-state index contributed by atoms with van der Waals surface area (Å²) in [6.07, 6.45) is 8.40. The molecule has 1 aliphatic heterocycles. The van der Waals surface area contributed by atoms with E-state index < -0.39 is 5.97 Å². The second kappa shape index (κ2) is 21.1. The number of nitrogens with zero attached hydrogens (tertiary/aromatic N) is 1. The fourth-order valence-electron chi connectivity index (χ4n) is 1.68. The first-order valence-corrected chi connectivity index (χ1v) is 8.46. The zero-order valence-corrected chi connectivity index (χ0v) is 19.4. The number of carboxylic acids is 1. The number of rotatable bonds is 7. The number of carbonyl (C=O) groups excluding carboxylic acids is 1. The quantitative estimate of drug-likeness (QED) is 0.301. The molecule has 1 rings (SSSR count). The molecule has 1 aliphatic rings. The van der Waals surface area contributed by atoms with Gasteiger partial charge in [-0.25, -0.2) is 0 Å². The third kappa shape index (κ3) is 16.7. The Morgan fingerprint density at radius 3 is 2.30 bits per heavy atom. The molecule has 4 N–H and O–H groups in total. The number of morpholine rings is 1. The second-order valence-corrected chi connectivity index (χ2v) is 4.69. The molecule has 1 amide bonds. The van der Waals surface area contributed by atoms with E-state index in [1.807, 2.05) is 34.1 Å². The number of hydrogen-bond donors (Lipinski definition) is 3. The Morgan fingerprint density at radius 1 is 1.30 bits per heavy atom. The van der Waals surface area contributed by atoms with Crippen LogP contribution in [0.5, 0.6) is 0 Å². The fourth-order valence-corrected chi connectivity index (χ4v) is 1.68. The van der Waals surface area contributed by atoms with Crippen molar-refractivity contribution >= 4 is 12.4 Å². The molecule has 0 saturated carbocycles. The molecular formula is C18H31N2O6Y-. The first kappa shape index (κ1) is 30.5. The Bertz CT molecular complexity index is 480. The first-order chi connectivity index (χ1) is 12.5. The predicted octanol–water partition coefficient (Wildman–Crippen LogP) is 1.75. The molecule has 1 fully saturated rings. The van der Waals surface area contributed by atoms with Crippen molar-refractivity contribution in [1.82, 2.24) is 4.90 Å². The molecule has 0 bridgehead atoms. The summed E-state index contributed by atoms with van der Waals surface area (Å²) in [5.41, 5.74) is 4.57. The minimum Gasteiger partial charge on any atom is -0.520 e. The smallest absolute Gasteiger partial charge is 0.317 e. The SMILES string of the molecule is CC.C\C=C/C(O)=C(\C=C/C)OCC1CN([C-]=O)CCO1.NCC(=O)O.[Y]. The minimum absolute atomic E-state index is 0. The van der Waals surface area contributed by atoms with Gasteiger partial charge in [-0.1, -0.05) is 26.0 Å². The number of nitrogens with two attached hydrogens (primary N) is 1. The third-order valence-corrected chi connectivity index (χ3v) is 2.76. The molecule has 27 heavy (non-hydrogen) atoms. The number of carbonyl (C=O) groups is 1. The Morgan fingerprint density at radius 2 is 1.85 bits per heavy atom. The van der Waals surface area contributed by atoms with Gasteiger partial charge in [-0.05, 0) is 26.0 Å². The van der Waals surface area contributed by atoms with Crippen molar-refractivity contribution in [3.05, 3.63) is 35.8 Å². The Labute approximate surface area is 187 Å². The van der Waals surface area contributed by atoms with E-state index in [2.05, 4.69) is 5.73 Å². The molecule has 0 aliphatic carbocycles. The van der Waals surface area contributed by atoms with Gasteiger partial charge < -0.3 is 35.1 Å². The molecule has 153 valence electrons. The average molecular weight is 460 g/mol. The molecule has 0 aromatic rings. The van der Waals surface area contributed by atoms with Crippen LogP contribution in [0.2, 0.25) is 0 Å². The van der Waals surface area contributed by atoms with Crippen LogP contribution in [0.15, 0.2) is 35.8 Å². The molecule has 9 heteroatoms. The first-order valence-electron chi connectivity index (χ1n) is 8.46. The molecule has 0 aromatic heterocycles. The molecule has 1 atom stereocenters. The van der Waals surface area contributed by atoms with Gasteiger partial charge in [-0.2, -0.15) is 6.41 Å². The summed E-state index contributed by atoms with van der Waals surface area (Å²) in [4.78, 5) is 21.3. The summed E-state index contributed by atoms with van der Waals surface area (Å²) in [6, 6.07) is 0. The fraction of sp³-hybridized carbons (Fsp3) is 0.556. The van der Waals surface area contributed by atoms with E-state index in [0.29, 0.717) is 25.5 Å². The van der Waals surface area contributed by atoms with E-state index in [-0.39, 0.29) is 57.7 Å². The van der Waals surface area contributed by atoms with E-state index in [0.717, 1.165) is 0 Å². The second-order valence-electron chi connectivity index (χ2n) is 4.69. The number of aliphatic hydroxyl groups is 1. The number of carboxylic acid groups (broad SMARTS) is 1. The number of hydrogen-bond acceptors (Lipinski definition) is 6. The topological polar surface area (TPSA) is 122 Å². The molecular weight excluding hydrogens is 429 g/mol. The molecule has 1 unspecified atom stereocenters. The molecule has 0 aromatic carbocycles. The van der Waals surface area contributed by atoms with Crippen LogP contribution in [0.3, 0.4) is 0 Å². The van der Waals surface area contributed by atoms with Gasteiger partial charge in [0.15, 0.2) is 11.5 Å². The summed E-state index contributed by atoms with van der Waals surface area (Å²) >= 11 is 0. The third-order valence-electron chi connectivity index (χ3n) is 2.76. The Hall–Kier alpha value is -1.22. The largest absolute Gasteiger partial charge is 0.520 e. The van der Waals surface area contributed by atoms with Crippen LogP contribution in [0.25, 0.3) is 0 Å². The van der Waals surface area contributed by atoms with Gasteiger partial charge in [-0.15, -0.1) is 0 Å². The molecule has 0 spiro atoms. The van der Waals surface area contributed by atoms with E-state index in [9.17, 15) is 14.7 Å². The van der Waals surface area contributed by atoms with Crippen LogP contribution in [0.4, 0.5) is 0 Å².